The van der Waals surface area contributed by atoms with Crippen molar-refractivity contribution in [2.24, 2.45) is 11.7 Å². The van der Waals surface area contributed by atoms with Crippen LogP contribution < -0.4 is 5.73 Å². The highest BCUT2D eigenvalue weighted by atomic mass is 32.2. The van der Waals surface area contributed by atoms with Crippen LogP contribution in [0.4, 0.5) is 0 Å². The maximum atomic E-state index is 9.51. The molecule has 4 rings (SSSR count). The molecule has 2 aromatic rings. The topological polar surface area (TPSA) is 59.1 Å². The van der Waals surface area contributed by atoms with Gasteiger partial charge in [0.05, 0.1) is 6.61 Å². The van der Waals surface area contributed by atoms with E-state index in [1.54, 1.807) is 0 Å². The smallest absolute Gasteiger partial charge is 0.0611 e. The zero-order chi connectivity index (χ0) is 18.0. The Labute approximate surface area is 160 Å². The summed E-state index contributed by atoms with van der Waals surface area (Å²) in [6.45, 7) is 0.102. The Morgan fingerprint density at radius 1 is 1.23 bits per heavy atom. The van der Waals surface area contributed by atoms with Gasteiger partial charge in [0.2, 0.25) is 0 Å². The minimum Gasteiger partial charge on any atom is -0.394 e. The third-order valence-electron chi connectivity index (χ3n) is 6.11. The summed E-state index contributed by atoms with van der Waals surface area (Å²) >= 11 is 1.93. The summed E-state index contributed by atoms with van der Waals surface area (Å²) in [5.41, 5.74) is 10.4. The van der Waals surface area contributed by atoms with Gasteiger partial charge < -0.3 is 10.8 Å². The second kappa shape index (κ2) is 7.71. The van der Waals surface area contributed by atoms with Crippen LogP contribution in [-0.2, 0) is 12.8 Å². The number of nitrogens with two attached hydrogens (primary N) is 1. The van der Waals surface area contributed by atoms with Crippen molar-refractivity contribution in [2.45, 2.75) is 54.9 Å². The van der Waals surface area contributed by atoms with Crippen LogP contribution in [0.3, 0.4) is 0 Å². The molecule has 1 heterocycles. The normalized spacial score (nSPS) is 28.1. The van der Waals surface area contributed by atoms with Crippen LogP contribution in [0, 0.1) is 5.92 Å². The van der Waals surface area contributed by atoms with Gasteiger partial charge in [-0.1, -0.05) is 18.2 Å². The Hall–Kier alpha value is -1.36. The summed E-state index contributed by atoms with van der Waals surface area (Å²) in [5, 5.41) is 9.51. The highest BCUT2D eigenvalue weighted by Crippen LogP contribution is 2.41. The quantitative estimate of drug-likeness (QED) is 0.785. The third kappa shape index (κ3) is 3.98. The standard InChI is InChI=1S/C22H28N2OS/c23-22(15-25)8-7-20(12-22)19-6-5-17-10-16(3-4-18(17)11-19)14-26-21-2-1-9-24-13-21/h1-2,5-6,9,11,13,16,20,25H,3-4,7-8,10,12,14-15,23H2/t16?,20-,22+/m0/s1. The number of rotatable bonds is 5. The fourth-order valence-electron chi connectivity index (χ4n) is 4.48. The molecule has 0 radical (unpaired) electrons. The van der Waals surface area contributed by atoms with Crippen molar-refractivity contribution in [1.29, 1.82) is 0 Å². The molecule has 26 heavy (non-hydrogen) atoms. The Balaban J connectivity index is 1.38. The van der Waals surface area contributed by atoms with E-state index in [1.807, 2.05) is 30.2 Å². The van der Waals surface area contributed by atoms with Crippen molar-refractivity contribution in [2.75, 3.05) is 12.4 Å². The van der Waals surface area contributed by atoms with Crippen LogP contribution in [0.2, 0.25) is 0 Å². The number of pyridine rings is 1. The first-order chi connectivity index (χ1) is 12.6. The van der Waals surface area contributed by atoms with E-state index in [0.717, 1.165) is 25.2 Å². The molecular formula is C22H28N2OS. The number of aliphatic hydroxyl groups excluding tert-OH is 1. The average Bonchev–Trinajstić information content (AvgIpc) is 3.09. The number of benzene rings is 1. The van der Waals surface area contributed by atoms with E-state index in [4.69, 9.17) is 5.73 Å². The van der Waals surface area contributed by atoms with E-state index < -0.39 is 0 Å². The number of aliphatic hydroxyl groups is 1. The predicted molar refractivity (Wildman–Crippen MR) is 108 cm³/mol. The fourth-order valence-corrected chi connectivity index (χ4v) is 5.50. The monoisotopic (exact) mass is 368 g/mol. The first kappa shape index (κ1) is 18.0. The van der Waals surface area contributed by atoms with Crippen molar-refractivity contribution in [3.05, 3.63) is 59.4 Å². The lowest BCUT2D eigenvalue weighted by atomic mass is 9.82. The zero-order valence-corrected chi connectivity index (χ0v) is 16.0. The molecule has 3 N–H and O–H groups in total. The lowest BCUT2D eigenvalue weighted by molar-refractivity contribution is 0.198. The van der Waals surface area contributed by atoms with Gasteiger partial charge >= 0.3 is 0 Å². The summed E-state index contributed by atoms with van der Waals surface area (Å²) in [7, 11) is 0. The first-order valence-electron chi connectivity index (χ1n) is 9.69. The number of fused-ring (bicyclic) bond motifs is 1. The molecule has 1 unspecified atom stereocenters. The second-order valence-corrected chi connectivity index (χ2v) is 9.19. The molecular weight excluding hydrogens is 340 g/mol. The minimum atomic E-state index is -0.366. The molecule has 0 saturated heterocycles. The minimum absolute atomic E-state index is 0.102. The number of hydrogen-bond acceptors (Lipinski definition) is 4. The van der Waals surface area contributed by atoms with Crippen LogP contribution in [0.15, 0.2) is 47.6 Å². The van der Waals surface area contributed by atoms with Crippen LogP contribution in [0.5, 0.6) is 0 Å². The lowest BCUT2D eigenvalue weighted by Crippen LogP contribution is -2.40. The lowest BCUT2D eigenvalue weighted by Gasteiger charge is -2.26. The van der Waals surface area contributed by atoms with Gasteiger partial charge in [-0.15, -0.1) is 11.8 Å². The van der Waals surface area contributed by atoms with Crippen molar-refractivity contribution in [3.8, 4) is 0 Å². The van der Waals surface area contributed by atoms with Gasteiger partial charge in [0.15, 0.2) is 0 Å². The second-order valence-electron chi connectivity index (χ2n) is 8.10. The van der Waals surface area contributed by atoms with Gasteiger partial charge in [0.1, 0.15) is 0 Å². The summed E-state index contributed by atoms with van der Waals surface area (Å²) in [4.78, 5) is 5.47. The third-order valence-corrected chi connectivity index (χ3v) is 7.32. The van der Waals surface area contributed by atoms with E-state index >= 15 is 0 Å². The van der Waals surface area contributed by atoms with Crippen LogP contribution >= 0.6 is 11.8 Å². The van der Waals surface area contributed by atoms with Crippen molar-refractivity contribution in [1.82, 2.24) is 4.98 Å². The van der Waals surface area contributed by atoms with Crippen LogP contribution in [0.25, 0.3) is 0 Å². The molecule has 0 bridgehead atoms. The summed E-state index contributed by atoms with van der Waals surface area (Å²) in [6.07, 6.45) is 10.4. The zero-order valence-electron chi connectivity index (χ0n) is 15.2. The Morgan fingerprint density at radius 2 is 2.15 bits per heavy atom. The van der Waals surface area contributed by atoms with E-state index in [9.17, 15) is 5.11 Å². The molecule has 0 spiro atoms. The van der Waals surface area contributed by atoms with Gasteiger partial charge in [0.25, 0.3) is 0 Å². The highest BCUT2D eigenvalue weighted by Gasteiger charge is 2.36. The average molecular weight is 369 g/mol. The Kier molecular flexibility index (Phi) is 5.35. The summed E-state index contributed by atoms with van der Waals surface area (Å²) in [6, 6.07) is 11.2. The molecule has 4 heteroatoms. The molecule has 2 aliphatic carbocycles. The Morgan fingerprint density at radius 3 is 2.92 bits per heavy atom. The predicted octanol–water partition coefficient (Wildman–Crippen LogP) is 3.94. The van der Waals surface area contributed by atoms with E-state index in [1.165, 1.54) is 46.6 Å². The fraction of sp³-hybridized carbons (Fsp3) is 0.500. The molecule has 138 valence electrons. The van der Waals surface area contributed by atoms with Gasteiger partial charge in [-0.3, -0.25) is 4.98 Å². The Bertz CT molecular complexity index is 751. The molecule has 0 aliphatic heterocycles. The van der Waals surface area contributed by atoms with Crippen molar-refractivity contribution < 1.29 is 5.11 Å². The van der Waals surface area contributed by atoms with Gasteiger partial charge in [-0.25, -0.2) is 0 Å². The molecule has 0 amide bonds. The molecule has 1 aromatic heterocycles. The molecule has 3 atom stereocenters. The van der Waals surface area contributed by atoms with E-state index in [-0.39, 0.29) is 12.1 Å². The molecule has 1 saturated carbocycles. The summed E-state index contributed by atoms with van der Waals surface area (Å²) < 4.78 is 0. The largest absolute Gasteiger partial charge is 0.394 e. The highest BCUT2D eigenvalue weighted by molar-refractivity contribution is 7.99. The van der Waals surface area contributed by atoms with Gasteiger partial charge in [-0.05, 0) is 79.2 Å². The number of aromatic nitrogens is 1. The molecule has 1 fully saturated rings. The van der Waals surface area contributed by atoms with Gasteiger partial charge in [-0.2, -0.15) is 0 Å². The number of hydrogen-bond donors (Lipinski definition) is 2. The van der Waals surface area contributed by atoms with Crippen molar-refractivity contribution >= 4 is 11.8 Å². The molecule has 2 aliphatic rings. The first-order valence-corrected chi connectivity index (χ1v) is 10.7. The molecule has 1 aromatic carbocycles. The summed E-state index contributed by atoms with van der Waals surface area (Å²) in [5.74, 6) is 2.43. The number of nitrogens with zero attached hydrogens (tertiary/aromatic N) is 1. The number of aryl methyl sites for hydroxylation is 1. The maximum absolute atomic E-state index is 9.51. The van der Waals surface area contributed by atoms with E-state index in [0.29, 0.717) is 5.92 Å². The molecule has 3 nitrogen and oxygen atoms in total. The number of thioether (sulfide) groups is 1. The van der Waals surface area contributed by atoms with Crippen LogP contribution in [-0.4, -0.2) is 28.0 Å². The maximum Gasteiger partial charge on any atom is 0.0611 e. The SMILES string of the molecule is N[C@]1(CO)CC[C@H](c2ccc3c(c2)CCC(CSc2cccnc2)C3)C1. The van der Waals surface area contributed by atoms with Crippen LogP contribution in [0.1, 0.15) is 48.3 Å². The van der Waals surface area contributed by atoms with E-state index in [2.05, 4.69) is 29.2 Å². The van der Waals surface area contributed by atoms with Crippen molar-refractivity contribution in [3.63, 3.8) is 0 Å². The van der Waals surface area contributed by atoms with Gasteiger partial charge in [0, 0.05) is 28.6 Å².